The Labute approximate surface area is 238 Å². The summed E-state index contributed by atoms with van der Waals surface area (Å²) in [6, 6.07) is 3.61. The Kier molecular flexibility index (Phi) is 10.0. The van der Waals surface area contributed by atoms with Crippen LogP contribution < -0.4 is 9.47 Å². The van der Waals surface area contributed by atoms with Gasteiger partial charge in [0.15, 0.2) is 0 Å². The summed E-state index contributed by atoms with van der Waals surface area (Å²) >= 11 is 0. The number of carbonyl (C=O) groups excluding carboxylic acids is 2. The van der Waals surface area contributed by atoms with Gasteiger partial charge in [0, 0.05) is 18.3 Å². The average Bonchev–Trinajstić information content (AvgIpc) is 3.77. The predicted octanol–water partition coefficient (Wildman–Crippen LogP) is 6.45. The second kappa shape index (κ2) is 13.3. The molecule has 4 aliphatic carbocycles. The third-order valence-corrected chi connectivity index (χ3v) is 8.66. The average molecular weight is 583 g/mol. The first kappa shape index (κ1) is 30.9. The first-order chi connectivity index (χ1) is 19.4. The van der Waals surface area contributed by atoms with Crippen LogP contribution in [0.3, 0.4) is 0 Å². The van der Waals surface area contributed by atoms with Gasteiger partial charge < -0.3 is 14.2 Å². The molecule has 0 saturated heterocycles. The van der Waals surface area contributed by atoms with Gasteiger partial charge in [-0.25, -0.2) is 9.89 Å². The van der Waals surface area contributed by atoms with Gasteiger partial charge in [-0.3, -0.25) is 4.79 Å². The van der Waals surface area contributed by atoms with Crippen molar-refractivity contribution in [2.24, 2.45) is 35.5 Å². The SMILES string of the molecule is CC(C)(C)OC(=O)n1ccc(OCC2C3CCC2CC3)n1.O=CC(F)(F)F.c1cc(OCC2C3CCC2CC3)[nH]n1. The maximum Gasteiger partial charge on any atom is 0.446 e. The van der Waals surface area contributed by atoms with Crippen molar-refractivity contribution in [1.29, 1.82) is 0 Å². The normalized spacial score (nSPS) is 27.9. The summed E-state index contributed by atoms with van der Waals surface area (Å²) in [7, 11) is 0. The van der Waals surface area contributed by atoms with E-state index in [0.717, 1.165) is 48.7 Å². The van der Waals surface area contributed by atoms with E-state index in [1.807, 2.05) is 26.8 Å². The molecule has 4 saturated carbocycles. The van der Waals surface area contributed by atoms with Crippen LogP contribution in [0.5, 0.6) is 11.8 Å². The molecule has 0 amide bonds. The summed E-state index contributed by atoms with van der Waals surface area (Å²) in [6.07, 6.45) is 8.29. The van der Waals surface area contributed by atoms with E-state index in [9.17, 15) is 18.0 Å². The predicted molar refractivity (Wildman–Crippen MR) is 143 cm³/mol. The van der Waals surface area contributed by atoms with Gasteiger partial charge in [-0.05, 0) is 108 Å². The Balaban J connectivity index is 0.000000166. The van der Waals surface area contributed by atoms with E-state index < -0.39 is 24.2 Å². The number of hydrogen-bond acceptors (Lipinski definition) is 7. The highest BCUT2D eigenvalue weighted by atomic mass is 19.4. The highest BCUT2D eigenvalue weighted by Crippen LogP contribution is 2.50. The monoisotopic (exact) mass is 582 g/mol. The number of aldehydes is 1. The van der Waals surface area contributed by atoms with Crippen molar-refractivity contribution >= 4 is 12.4 Å². The molecule has 0 radical (unpaired) electrons. The quantitative estimate of drug-likeness (QED) is 0.390. The standard InChI is InChI=1S/C16H24N2O3.C11H16N2O.C2HF3O/c1-16(2,3)21-15(19)18-9-8-14(17-18)20-10-13-11-4-5-12(13)7-6-11;1-2-9-4-3-8(1)10(9)7-14-11-5-6-12-13-11;3-2(4,5)1-6/h8-9,11-13H,4-7,10H2,1-3H3;5-6,8-10H,1-4,7H2,(H,12,13);1H. The molecule has 4 fully saturated rings. The Morgan fingerprint density at radius 3 is 1.83 bits per heavy atom. The number of aromatic amines is 1. The van der Waals surface area contributed by atoms with Gasteiger partial charge in [-0.1, -0.05) is 0 Å². The zero-order valence-electron chi connectivity index (χ0n) is 23.9. The van der Waals surface area contributed by atoms with Gasteiger partial charge in [-0.15, -0.1) is 5.10 Å². The highest BCUT2D eigenvalue weighted by molar-refractivity contribution is 5.69. The molecule has 0 aliphatic heterocycles. The van der Waals surface area contributed by atoms with Crippen LogP contribution in [0.2, 0.25) is 0 Å². The molecule has 4 aliphatic rings. The third-order valence-electron chi connectivity index (χ3n) is 8.66. The van der Waals surface area contributed by atoms with E-state index in [-0.39, 0.29) is 0 Å². The lowest BCUT2D eigenvalue weighted by atomic mass is 9.99. The highest BCUT2D eigenvalue weighted by Gasteiger charge is 2.42. The summed E-state index contributed by atoms with van der Waals surface area (Å²) in [5.41, 5.74) is -0.521. The zero-order chi connectivity index (χ0) is 29.6. The van der Waals surface area contributed by atoms with Crippen molar-refractivity contribution in [3.8, 4) is 11.8 Å². The van der Waals surface area contributed by atoms with Gasteiger partial charge in [-0.2, -0.15) is 23.0 Å². The van der Waals surface area contributed by atoms with Crippen LogP contribution >= 0.6 is 0 Å². The summed E-state index contributed by atoms with van der Waals surface area (Å²) in [5.74, 6) is 6.38. The number of rotatable bonds is 6. The minimum absolute atomic E-state index is 0.474. The largest absolute Gasteiger partial charge is 0.478 e. The molecule has 9 nitrogen and oxygen atoms in total. The van der Waals surface area contributed by atoms with Crippen molar-refractivity contribution in [3.63, 3.8) is 0 Å². The summed E-state index contributed by atoms with van der Waals surface area (Å²) in [4.78, 5) is 20.6. The van der Waals surface area contributed by atoms with Gasteiger partial charge in [0.25, 0.3) is 0 Å². The molecule has 6 rings (SSSR count). The molecule has 4 bridgehead atoms. The van der Waals surface area contributed by atoms with Crippen molar-refractivity contribution in [3.05, 3.63) is 24.5 Å². The fourth-order valence-electron chi connectivity index (χ4n) is 6.80. The molecule has 1 N–H and O–H groups in total. The Morgan fingerprint density at radius 1 is 0.927 bits per heavy atom. The number of nitrogens with zero attached hydrogens (tertiary/aromatic N) is 3. The maximum atomic E-state index is 11.9. The van der Waals surface area contributed by atoms with Crippen LogP contribution in [0.1, 0.15) is 72.1 Å². The molecule has 0 atom stereocenters. The fraction of sp³-hybridized carbons (Fsp3) is 0.724. The van der Waals surface area contributed by atoms with Gasteiger partial charge in [0.1, 0.15) is 5.60 Å². The molecule has 0 aromatic carbocycles. The lowest BCUT2D eigenvalue weighted by Gasteiger charge is -2.18. The number of aromatic nitrogens is 4. The number of ether oxygens (including phenoxy) is 3. The molecule has 0 unspecified atom stereocenters. The molecule has 2 aromatic heterocycles. The van der Waals surface area contributed by atoms with E-state index in [1.165, 1.54) is 56.0 Å². The van der Waals surface area contributed by atoms with E-state index in [0.29, 0.717) is 11.8 Å². The fourth-order valence-corrected chi connectivity index (χ4v) is 6.80. The Bertz CT molecular complexity index is 1070. The number of carbonyl (C=O) groups is 2. The minimum Gasteiger partial charge on any atom is -0.478 e. The first-order valence-electron chi connectivity index (χ1n) is 14.5. The summed E-state index contributed by atoms with van der Waals surface area (Å²) < 4.78 is 49.2. The molecular formula is C29H41F3N4O5. The van der Waals surface area contributed by atoms with Crippen molar-refractivity contribution in [2.75, 3.05) is 13.2 Å². The van der Waals surface area contributed by atoms with Crippen LogP contribution in [-0.4, -0.2) is 57.3 Å². The molecule has 0 spiro atoms. The summed E-state index contributed by atoms with van der Waals surface area (Å²) in [6.45, 7) is 7.11. The number of H-pyrrole nitrogens is 1. The third kappa shape index (κ3) is 8.97. The van der Waals surface area contributed by atoms with E-state index in [1.54, 1.807) is 18.5 Å². The van der Waals surface area contributed by atoms with Crippen molar-refractivity contribution in [2.45, 2.75) is 83.9 Å². The molecule has 12 heteroatoms. The maximum absolute atomic E-state index is 11.9. The van der Waals surface area contributed by atoms with Gasteiger partial charge in [0.2, 0.25) is 18.0 Å². The van der Waals surface area contributed by atoms with Crippen LogP contribution in [0.25, 0.3) is 0 Å². The Hall–Kier alpha value is -3.05. The van der Waals surface area contributed by atoms with E-state index in [4.69, 9.17) is 19.0 Å². The lowest BCUT2D eigenvalue weighted by molar-refractivity contribution is -0.156. The Morgan fingerprint density at radius 2 is 1.41 bits per heavy atom. The number of nitrogens with one attached hydrogen (secondary N) is 1. The smallest absolute Gasteiger partial charge is 0.446 e. The van der Waals surface area contributed by atoms with Crippen LogP contribution in [-0.2, 0) is 9.53 Å². The lowest BCUT2D eigenvalue weighted by Crippen LogP contribution is -2.27. The first-order valence-corrected chi connectivity index (χ1v) is 14.5. The number of hydrogen-bond donors (Lipinski definition) is 1. The van der Waals surface area contributed by atoms with Crippen LogP contribution in [0, 0.1) is 35.5 Å². The topological polar surface area (TPSA) is 108 Å². The summed E-state index contributed by atoms with van der Waals surface area (Å²) in [5, 5.41) is 10.9. The van der Waals surface area contributed by atoms with Crippen LogP contribution in [0.4, 0.5) is 18.0 Å². The second-order valence-electron chi connectivity index (χ2n) is 12.5. The molecule has 2 heterocycles. The number of alkyl halides is 3. The zero-order valence-corrected chi connectivity index (χ0v) is 23.9. The molecular weight excluding hydrogens is 541 g/mol. The molecule has 228 valence electrons. The molecule has 41 heavy (non-hydrogen) atoms. The minimum atomic E-state index is -4.64. The van der Waals surface area contributed by atoms with Gasteiger partial charge >= 0.3 is 12.3 Å². The molecule has 2 aromatic rings. The second-order valence-corrected chi connectivity index (χ2v) is 12.5. The van der Waals surface area contributed by atoms with Crippen LogP contribution in [0.15, 0.2) is 24.5 Å². The van der Waals surface area contributed by atoms with Crippen molar-refractivity contribution in [1.82, 2.24) is 20.0 Å². The van der Waals surface area contributed by atoms with E-state index in [2.05, 4.69) is 15.3 Å². The number of fused-ring (bicyclic) bond motifs is 4. The number of halogens is 3. The van der Waals surface area contributed by atoms with Crippen molar-refractivity contribution < 1.29 is 37.0 Å². The van der Waals surface area contributed by atoms with Gasteiger partial charge in [0.05, 0.1) is 19.4 Å². The van der Waals surface area contributed by atoms with E-state index >= 15 is 0 Å².